The van der Waals surface area contributed by atoms with Gasteiger partial charge in [-0.1, -0.05) is 0 Å². The van der Waals surface area contributed by atoms with Crippen LogP contribution in [0, 0.1) is 0 Å². The lowest BCUT2D eigenvalue weighted by Gasteiger charge is -2.07. The van der Waals surface area contributed by atoms with Crippen LogP contribution in [-0.4, -0.2) is 15.9 Å². The van der Waals surface area contributed by atoms with Crippen molar-refractivity contribution in [3.05, 3.63) is 24.0 Å². The summed E-state index contributed by atoms with van der Waals surface area (Å²) >= 11 is 0. The number of hydrogen-bond acceptors (Lipinski definition) is 4. The second kappa shape index (κ2) is 3.94. The van der Waals surface area contributed by atoms with Gasteiger partial charge in [0.15, 0.2) is 0 Å². The monoisotopic (exact) mass is 242 g/mol. The van der Waals surface area contributed by atoms with E-state index in [4.69, 9.17) is 5.73 Å². The lowest BCUT2D eigenvalue weighted by atomic mass is 10.2. The number of carbonyl (C=O) groups is 1. The van der Waals surface area contributed by atoms with Crippen molar-refractivity contribution in [2.24, 2.45) is 0 Å². The molecule has 0 atom stereocenters. The minimum Gasteiger partial charge on any atom is -0.383 e. The number of rotatable bonds is 2. The smallest absolute Gasteiger partial charge is 0.221 e. The number of nitrogens with two attached hydrogens (primary N) is 1. The molecule has 3 rings (SSSR count). The molecule has 1 heterocycles. The van der Waals surface area contributed by atoms with E-state index in [2.05, 4.69) is 15.3 Å². The van der Waals surface area contributed by atoms with Crippen LogP contribution < -0.4 is 11.1 Å². The molecule has 5 nitrogen and oxygen atoms in total. The van der Waals surface area contributed by atoms with Gasteiger partial charge >= 0.3 is 0 Å². The van der Waals surface area contributed by atoms with Crippen molar-refractivity contribution < 1.29 is 4.79 Å². The molecule has 0 spiro atoms. The van der Waals surface area contributed by atoms with E-state index in [-0.39, 0.29) is 5.91 Å². The third-order valence-electron chi connectivity index (χ3n) is 3.01. The number of carbonyl (C=O) groups excluding carboxylic acids is 1. The van der Waals surface area contributed by atoms with Gasteiger partial charge < -0.3 is 11.1 Å². The molecule has 0 radical (unpaired) electrons. The second-order valence-corrected chi connectivity index (χ2v) is 4.65. The van der Waals surface area contributed by atoms with Crippen molar-refractivity contribution in [1.29, 1.82) is 0 Å². The summed E-state index contributed by atoms with van der Waals surface area (Å²) in [5.41, 5.74) is 7.50. The number of nitrogens with one attached hydrogen (secondary N) is 1. The highest BCUT2D eigenvalue weighted by atomic mass is 16.1. The zero-order chi connectivity index (χ0) is 12.7. The van der Waals surface area contributed by atoms with Crippen LogP contribution in [0.4, 0.5) is 11.5 Å². The van der Waals surface area contributed by atoms with E-state index in [1.54, 1.807) is 0 Å². The molecule has 3 N–H and O–H groups in total. The number of hydrogen-bond donors (Lipinski definition) is 2. The van der Waals surface area contributed by atoms with E-state index < -0.39 is 0 Å². The highest BCUT2D eigenvalue weighted by Gasteiger charge is 2.27. The molecule has 0 unspecified atom stereocenters. The summed E-state index contributed by atoms with van der Waals surface area (Å²) in [4.78, 5) is 19.9. The molecule has 1 aliphatic rings. The SMILES string of the molecule is CC(=O)Nc1ccc2nc(C3CC3)nc(N)c2c1. The fourth-order valence-electron chi connectivity index (χ4n) is 1.98. The number of anilines is 2. The van der Waals surface area contributed by atoms with Gasteiger partial charge in [0.1, 0.15) is 11.6 Å². The van der Waals surface area contributed by atoms with Gasteiger partial charge in [-0.2, -0.15) is 0 Å². The Labute approximate surface area is 104 Å². The summed E-state index contributed by atoms with van der Waals surface area (Å²) in [5.74, 6) is 1.69. The number of nitrogens with zero attached hydrogens (tertiary/aromatic N) is 2. The molecule has 0 aliphatic heterocycles. The predicted octanol–water partition coefficient (Wildman–Crippen LogP) is 2.05. The van der Waals surface area contributed by atoms with Gasteiger partial charge in [-0.15, -0.1) is 0 Å². The van der Waals surface area contributed by atoms with Gasteiger partial charge in [-0.05, 0) is 31.0 Å². The molecule has 1 aromatic heterocycles. The van der Waals surface area contributed by atoms with Gasteiger partial charge in [0.25, 0.3) is 0 Å². The van der Waals surface area contributed by atoms with Crippen molar-refractivity contribution in [1.82, 2.24) is 9.97 Å². The van der Waals surface area contributed by atoms with E-state index in [1.165, 1.54) is 6.92 Å². The first kappa shape index (κ1) is 11.0. The third-order valence-corrected chi connectivity index (χ3v) is 3.01. The van der Waals surface area contributed by atoms with Crippen LogP contribution in [-0.2, 0) is 4.79 Å². The van der Waals surface area contributed by atoms with Crippen LogP contribution in [0.15, 0.2) is 18.2 Å². The molecule has 1 fully saturated rings. The number of fused-ring (bicyclic) bond motifs is 1. The van der Waals surface area contributed by atoms with Gasteiger partial charge in [0.2, 0.25) is 5.91 Å². The molecule has 5 heteroatoms. The standard InChI is InChI=1S/C13H14N4O/c1-7(18)15-9-4-5-11-10(6-9)12(14)17-13(16-11)8-2-3-8/h4-6,8H,2-3H2,1H3,(H,15,18)(H2,14,16,17). The molecule has 2 aromatic rings. The van der Waals surface area contributed by atoms with Gasteiger partial charge in [-0.25, -0.2) is 9.97 Å². The van der Waals surface area contributed by atoms with E-state index in [1.807, 2.05) is 18.2 Å². The zero-order valence-corrected chi connectivity index (χ0v) is 10.1. The summed E-state index contributed by atoms with van der Waals surface area (Å²) in [6.45, 7) is 1.47. The van der Waals surface area contributed by atoms with Gasteiger partial charge in [0.05, 0.1) is 5.52 Å². The van der Waals surface area contributed by atoms with Crippen LogP contribution in [0.1, 0.15) is 31.5 Å². The molecule has 1 amide bonds. The minimum absolute atomic E-state index is 0.108. The first-order valence-electron chi connectivity index (χ1n) is 5.98. The van der Waals surface area contributed by atoms with E-state index >= 15 is 0 Å². The third kappa shape index (κ3) is 1.99. The summed E-state index contributed by atoms with van der Waals surface area (Å²) in [7, 11) is 0. The number of aromatic nitrogens is 2. The Morgan fingerprint density at radius 1 is 1.39 bits per heavy atom. The first-order chi connectivity index (χ1) is 8.63. The fraction of sp³-hybridized carbons (Fsp3) is 0.308. The van der Waals surface area contributed by atoms with Crippen LogP contribution in [0.3, 0.4) is 0 Å². The second-order valence-electron chi connectivity index (χ2n) is 4.65. The Kier molecular flexibility index (Phi) is 2.40. The Morgan fingerprint density at radius 3 is 2.83 bits per heavy atom. The fourth-order valence-corrected chi connectivity index (χ4v) is 1.98. The van der Waals surface area contributed by atoms with Crippen molar-refractivity contribution in [2.45, 2.75) is 25.7 Å². The van der Waals surface area contributed by atoms with Crippen molar-refractivity contribution >= 4 is 28.3 Å². The highest BCUT2D eigenvalue weighted by molar-refractivity contribution is 5.95. The number of amides is 1. The average molecular weight is 242 g/mol. The Balaban J connectivity index is 2.08. The minimum atomic E-state index is -0.108. The largest absolute Gasteiger partial charge is 0.383 e. The van der Waals surface area contributed by atoms with Crippen LogP contribution >= 0.6 is 0 Å². The van der Waals surface area contributed by atoms with Crippen LogP contribution in [0.2, 0.25) is 0 Å². The van der Waals surface area contributed by atoms with Gasteiger partial charge in [-0.3, -0.25) is 4.79 Å². The molecule has 1 saturated carbocycles. The Hall–Kier alpha value is -2.17. The summed E-state index contributed by atoms with van der Waals surface area (Å²) in [6, 6.07) is 5.50. The normalized spacial score (nSPS) is 14.7. The first-order valence-corrected chi connectivity index (χ1v) is 5.98. The molecule has 0 saturated heterocycles. The van der Waals surface area contributed by atoms with E-state index in [0.717, 1.165) is 29.6 Å². The molecule has 1 aromatic carbocycles. The van der Waals surface area contributed by atoms with Gasteiger partial charge in [0, 0.05) is 23.9 Å². The van der Waals surface area contributed by atoms with Crippen LogP contribution in [0.5, 0.6) is 0 Å². The van der Waals surface area contributed by atoms with Crippen molar-refractivity contribution in [3.63, 3.8) is 0 Å². The molecule has 92 valence electrons. The lowest BCUT2D eigenvalue weighted by molar-refractivity contribution is -0.114. The maximum atomic E-state index is 11.0. The lowest BCUT2D eigenvalue weighted by Crippen LogP contribution is -2.06. The van der Waals surface area contributed by atoms with Crippen molar-refractivity contribution in [2.75, 3.05) is 11.1 Å². The molecule has 0 bridgehead atoms. The quantitative estimate of drug-likeness (QED) is 0.844. The Morgan fingerprint density at radius 2 is 2.17 bits per heavy atom. The molecule has 1 aliphatic carbocycles. The zero-order valence-electron chi connectivity index (χ0n) is 10.1. The topological polar surface area (TPSA) is 80.9 Å². The molecular weight excluding hydrogens is 228 g/mol. The summed E-state index contributed by atoms with van der Waals surface area (Å²) in [5, 5.41) is 3.51. The summed E-state index contributed by atoms with van der Waals surface area (Å²) < 4.78 is 0. The van der Waals surface area contributed by atoms with E-state index in [0.29, 0.717) is 17.4 Å². The highest BCUT2D eigenvalue weighted by Crippen LogP contribution is 2.39. The van der Waals surface area contributed by atoms with E-state index in [9.17, 15) is 4.79 Å². The number of nitrogen functional groups attached to an aromatic ring is 1. The average Bonchev–Trinajstić information content (AvgIpc) is 3.12. The maximum absolute atomic E-state index is 11.0. The Bertz CT molecular complexity index is 634. The maximum Gasteiger partial charge on any atom is 0.221 e. The van der Waals surface area contributed by atoms with Crippen LogP contribution in [0.25, 0.3) is 10.9 Å². The van der Waals surface area contributed by atoms with Crippen molar-refractivity contribution in [3.8, 4) is 0 Å². The number of benzene rings is 1. The molecular formula is C13H14N4O. The summed E-state index contributed by atoms with van der Waals surface area (Å²) in [6.07, 6.45) is 2.30. The predicted molar refractivity (Wildman–Crippen MR) is 70.2 cm³/mol. The molecule has 18 heavy (non-hydrogen) atoms.